The Balaban J connectivity index is 1.59. The van der Waals surface area contributed by atoms with Crippen LogP contribution in [0.5, 0.6) is 0 Å². The minimum atomic E-state index is -3.79. The van der Waals surface area contributed by atoms with Crippen LogP contribution in [0.3, 0.4) is 0 Å². The van der Waals surface area contributed by atoms with Gasteiger partial charge in [-0.1, -0.05) is 12.1 Å². The molecular formula is C20H20N4O5S2. The quantitative estimate of drug-likeness (QED) is 0.601. The topological polar surface area (TPSA) is 121 Å². The second-order valence-electron chi connectivity index (χ2n) is 6.90. The van der Waals surface area contributed by atoms with Crippen LogP contribution in [0.4, 0.5) is 5.69 Å². The molecule has 0 radical (unpaired) electrons. The van der Waals surface area contributed by atoms with Gasteiger partial charge in [-0.3, -0.25) is 9.59 Å². The van der Waals surface area contributed by atoms with Crippen LogP contribution < -0.4 is 10.9 Å². The lowest BCUT2D eigenvalue weighted by atomic mass is 10.2. The molecular weight excluding hydrogens is 440 g/mol. The predicted molar refractivity (Wildman–Crippen MR) is 117 cm³/mol. The number of ether oxygens (including phenoxy) is 1. The first-order valence-electron chi connectivity index (χ1n) is 9.50. The molecule has 1 aromatic carbocycles. The molecule has 1 saturated heterocycles. The second kappa shape index (κ2) is 8.71. The van der Waals surface area contributed by atoms with Gasteiger partial charge in [0.2, 0.25) is 10.0 Å². The van der Waals surface area contributed by atoms with Crippen LogP contribution in [0.1, 0.15) is 15.4 Å². The maximum Gasteiger partial charge on any atom is 0.267 e. The Bertz CT molecular complexity index is 1280. The van der Waals surface area contributed by atoms with Gasteiger partial charge in [-0.2, -0.15) is 4.31 Å². The molecule has 3 aromatic rings. The van der Waals surface area contributed by atoms with Crippen LogP contribution >= 0.6 is 11.3 Å². The number of carbonyl (C=O) groups is 1. The molecule has 1 aliphatic heterocycles. The highest BCUT2D eigenvalue weighted by molar-refractivity contribution is 7.89. The second-order valence-corrected chi connectivity index (χ2v) is 9.72. The third kappa shape index (κ3) is 4.59. The van der Waals surface area contributed by atoms with Crippen LogP contribution in [-0.4, -0.2) is 54.9 Å². The molecule has 2 aromatic heterocycles. The molecule has 31 heavy (non-hydrogen) atoms. The first-order valence-corrected chi connectivity index (χ1v) is 11.8. The summed E-state index contributed by atoms with van der Waals surface area (Å²) < 4.78 is 32.5. The summed E-state index contributed by atoms with van der Waals surface area (Å²) in [7, 11) is -3.79. The van der Waals surface area contributed by atoms with E-state index in [1.165, 1.54) is 16.4 Å². The monoisotopic (exact) mass is 460 g/mol. The lowest BCUT2D eigenvalue weighted by Crippen LogP contribution is -2.41. The van der Waals surface area contributed by atoms with E-state index in [4.69, 9.17) is 4.74 Å². The Morgan fingerprint density at radius 2 is 2.00 bits per heavy atom. The van der Waals surface area contributed by atoms with Crippen LogP contribution in [0.25, 0.3) is 11.4 Å². The number of rotatable bonds is 5. The molecule has 0 bridgehead atoms. The summed E-state index contributed by atoms with van der Waals surface area (Å²) in [5, 5.41) is 4.33. The Morgan fingerprint density at radius 1 is 1.23 bits per heavy atom. The first-order chi connectivity index (χ1) is 14.8. The SMILES string of the molecule is Cc1cc(=O)[nH]c(-c2cccc(NC(=O)c3sccc3S(=O)(=O)N3CCOCC3)c2)n1. The molecule has 0 atom stereocenters. The number of aryl methyl sites for hydroxylation is 1. The van der Waals surface area contributed by atoms with Gasteiger partial charge in [-0.25, -0.2) is 13.4 Å². The van der Waals surface area contributed by atoms with Crippen molar-refractivity contribution in [2.45, 2.75) is 11.8 Å². The smallest absolute Gasteiger partial charge is 0.267 e. The van der Waals surface area contributed by atoms with E-state index in [1.807, 2.05) is 0 Å². The number of amides is 1. The number of nitrogens with one attached hydrogen (secondary N) is 2. The van der Waals surface area contributed by atoms with Crippen molar-refractivity contribution in [3.8, 4) is 11.4 Å². The summed E-state index contributed by atoms with van der Waals surface area (Å²) in [6.45, 7) is 2.88. The van der Waals surface area contributed by atoms with Crippen molar-refractivity contribution in [3.05, 3.63) is 62.7 Å². The van der Waals surface area contributed by atoms with Gasteiger partial charge in [0.25, 0.3) is 11.5 Å². The number of morpholine rings is 1. The third-order valence-corrected chi connectivity index (χ3v) is 7.67. The largest absolute Gasteiger partial charge is 0.379 e. The van der Waals surface area contributed by atoms with Crippen LogP contribution in [0.15, 0.2) is 51.5 Å². The summed E-state index contributed by atoms with van der Waals surface area (Å²) in [4.78, 5) is 31.7. The standard InChI is InChI=1S/C20H20N4O5S2/c1-13-11-17(25)23-19(21-13)14-3-2-4-15(12-14)22-20(26)18-16(5-10-30-18)31(27,28)24-6-8-29-9-7-24/h2-5,10-12H,6-9H2,1H3,(H,22,26)(H,21,23,25). The Morgan fingerprint density at radius 3 is 2.74 bits per heavy atom. The third-order valence-electron chi connectivity index (χ3n) is 4.69. The molecule has 4 rings (SSSR count). The van der Waals surface area contributed by atoms with Crippen molar-refractivity contribution in [2.75, 3.05) is 31.6 Å². The highest BCUT2D eigenvalue weighted by Gasteiger charge is 2.31. The van der Waals surface area contributed by atoms with Crippen molar-refractivity contribution in [2.24, 2.45) is 0 Å². The number of aromatic amines is 1. The fraction of sp³-hybridized carbons (Fsp3) is 0.250. The average molecular weight is 461 g/mol. The van der Waals surface area contributed by atoms with Gasteiger partial charge in [0, 0.05) is 36.1 Å². The Hall–Kier alpha value is -2.86. The lowest BCUT2D eigenvalue weighted by Gasteiger charge is -2.26. The summed E-state index contributed by atoms with van der Waals surface area (Å²) in [5.74, 6) is -0.141. The van der Waals surface area contributed by atoms with Crippen LogP contribution in [0.2, 0.25) is 0 Å². The number of sulfonamides is 1. The maximum atomic E-state index is 13.0. The van der Waals surface area contributed by atoms with Gasteiger partial charge in [-0.15, -0.1) is 11.3 Å². The van der Waals surface area contributed by atoms with Gasteiger partial charge < -0.3 is 15.0 Å². The van der Waals surface area contributed by atoms with E-state index >= 15 is 0 Å². The number of H-pyrrole nitrogens is 1. The van der Waals surface area contributed by atoms with Crippen LogP contribution in [0, 0.1) is 6.92 Å². The van der Waals surface area contributed by atoms with Gasteiger partial charge in [-0.05, 0) is 30.5 Å². The maximum absolute atomic E-state index is 13.0. The average Bonchev–Trinajstić information content (AvgIpc) is 3.25. The summed E-state index contributed by atoms with van der Waals surface area (Å²) in [6, 6.07) is 9.66. The first kappa shape index (κ1) is 21.4. The number of aromatic nitrogens is 2. The zero-order valence-electron chi connectivity index (χ0n) is 16.6. The van der Waals surface area contributed by atoms with Crippen LogP contribution in [-0.2, 0) is 14.8 Å². The van der Waals surface area contributed by atoms with Crippen molar-refractivity contribution in [1.29, 1.82) is 0 Å². The van der Waals surface area contributed by atoms with E-state index < -0.39 is 15.9 Å². The number of anilines is 1. The predicted octanol–water partition coefficient (Wildman–Crippen LogP) is 2.08. The molecule has 1 aliphatic rings. The van der Waals surface area contributed by atoms with Gasteiger partial charge >= 0.3 is 0 Å². The Kier molecular flexibility index (Phi) is 6.01. The number of hydrogen-bond donors (Lipinski definition) is 2. The van der Waals surface area contributed by atoms with E-state index in [-0.39, 0.29) is 28.4 Å². The van der Waals surface area contributed by atoms with E-state index in [9.17, 15) is 18.0 Å². The number of benzene rings is 1. The number of hydrogen-bond acceptors (Lipinski definition) is 7. The summed E-state index contributed by atoms with van der Waals surface area (Å²) >= 11 is 1.06. The van der Waals surface area contributed by atoms with Crippen molar-refractivity contribution in [1.82, 2.24) is 14.3 Å². The molecule has 1 amide bonds. The summed E-state index contributed by atoms with van der Waals surface area (Å²) in [5.41, 5.74) is 1.37. The van der Waals surface area contributed by atoms with Crippen molar-refractivity contribution >= 4 is 33.0 Å². The minimum Gasteiger partial charge on any atom is -0.379 e. The molecule has 0 aliphatic carbocycles. The fourth-order valence-electron chi connectivity index (χ4n) is 3.24. The van der Waals surface area contributed by atoms with E-state index in [1.54, 1.807) is 36.6 Å². The highest BCUT2D eigenvalue weighted by atomic mass is 32.2. The molecule has 0 unspecified atom stereocenters. The number of thiophene rings is 1. The highest BCUT2D eigenvalue weighted by Crippen LogP contribution is 2.27. The molecule has 2 N–H and O–H groups in total. The van der Waals surface area contributed by atoms with Crippen molar-refractivity contribution < 1.29 is 17.9 Å². The molecule has 0 spiro atoms. The van der Waals surface area contributed by atoms with Gasteiger partial charge in [0.15, 0.2) is 0 Å². The Labute approximate surface area is 182 Å². The number of carbonyl (C=O) groups excluding carboxylic acids is 1. The minimum absolute atomic E-state index is 0.0160. The van der Waals surface area contributed by atoms with E-state index in [2.05, 4.69) is 15.3 Å². The molecule has 1 fully saturated rings. The lowest BCUT2D eigenvalue weighted by molar-refractivity contribution is 0.0730. The van der Waals surface area contributed by atoms with Gasteiger partial charge in [0.1, 0.15) is 15.6 Å². The molecule has 162 valence electrons. The molecule has 0 saturated carbocycles. The van der Waals surface area contributed by atoms with Crippen molar-refractivity contribution in [3.63, 3.8) is 0 Å². The fourth-order valence-corrected chi connectivity index (χ4v) is 5.94. The van der Waals surface area contributed by atoms with Gasteiger partial charge in [0.05, 0.1) is 13.2 Å². The normalized spacial score (nSPS) is 15.0. The molecule has 11 heteroatoms. The van der Waals surface area contributed by atoms with E-state index in [0.717, 1.165) is 11.3 Å². The molecule has 3 heterocycles. The zero-order valence-corrected chi connectivity index (χ0v) is 18.3. The van der Waals surface area contributed by atoms with E-state index in [0.29, 0.717) is 36.0 Å². The number of nitrogens with zero attached hydrogens (tertiary/aromatic N) is 2. The molecule has 9 nitrogen and oxygen atoms in total. The zero-order chi connectivity index (χ0) is 22.0. The summed E-state index contributed by atoms with van der Waals surface area (Å²) in [6.07, 6.45) is 0.